The monoisotopic (exact) mass is 466 g/mol. The summed E-state index contributed by atoms with van der Waals surface area (Å²) >= 11 is 11.6. The topological polar surface area (TPSA) is 47.9 Å². The average Bonchev–Trinajstić information content (AvgIpc) is 3.29. The van der Waals surface area contributed by atoms with Crippen LogP contribution in [0.25, 0.3) is 0 Å². The molecular weight excluding hydrogens is 448 g/mol. The van der Waals surface area contributed by atoms with Crippen LogP contribution in [-0.2, 0) is 4.79 Å². The lowest BCUT2D eigenvalue weighted by Gasteiger charge is -2.26. The summed E-state index contributed by atoms with van der Waals surface area (Å²) < 4.78 is 1.06. The van der Waals surface area contributed by atoms with E-state index in [2.05, 4.69) is 32.5 Å². The molecule has 1 unspecified atom stereocenters. The quantitative estimate of drug-likeness (QED) is 0.689. The van der Waals surface area contributed by atoms with Crippen molar-refractivity contribution in [3.05, 3.63) is 50.1 Å². The Morgan fingerprint density at radius 1 is 1.19 bits per heavy atom. The molecule has 0 bridgehead atoms. The minimum Gasteiger partial charge on any atom is -0.284 e. The number of thiophene rings is 1. The smallest absolute Gasteiger partial charge is 0.281 e. The average molecular weight is 468 g/mol. The highest BCUT2D eigenvalue weighted by Crippen LogP contribution is 2.41. The lowest BCUT2D eigenvalue weighted by Crippen LogP contribution is -2.47. The summed E-state index contributed by atoms with van der Waals surface area (Å²) in [6.07, 6.45) is 4.01. The summed E-state index contributed by atoms with van der Waals surface area (Å²) in [5, 5.41) is 9.18. The first-order chi connectivity index (χ1) is 13.1. The van der Waals surface area contributed by atoms with Gasteiger partial charge >= 0.3 is 0 Å². The van der Waals surface area contributed by atoms with E-state index in [9.17, 15) is 4.79 Å². The van der Waals surface area contributed by atoms with Crippen molar-refractivity contribution in [2.24, 2.45) is 5.10 Å². The van der Waals surface area contributed by atoms with Gasteiger partial charge in [-0.25, -0.2) is 5.01 Å². The highest BCUT2D eigenvalue weighted by Gasteiger charge is 2.34. The maximum Gasteiger partial charge on any atom is 0.281 e. The first-order valence-electron chi connectivity index (χ1n) is 9.04. The van der Waals surface area contributed by atoms with Gasteiger partial charge < -0.3 is 0 Å². The summed E-state index contributed by atoms with van der Waals surface area (Å²) in [7, 11) is 0. The van der Waals surface area contributed by atoms with Gasteiger partial charge in [-0.1, -0.05) is 30.2 Å². The third kappa shape index (κ3) is 4.21. The van der Waals surface area contributed by atoms with E-state index in [1.807, 2.05) is 40.3 Å². The van der Waals surface area contributed by atoms with Gasteiger partial charge in [0.2, 0.25) is 0 Å². The Labute approximate surface area is 176 Å². The van der Waals surface area contributed by atoms with Crippen molar-refractivity contribution in [3.8, 4) is 0 Å². The zero-order chi connectivity index (χ0) is 18.8. The number of carbonyl (C=O) groups is 1. The maximum atomic E-state index is 12.8. The van der Waals surface area contributed by atoms with Crippen molar-refractivity contribution in [1.29, 1.82) is 0 Å². The van der Waals surface area contributed by atoms with Gasteiger partial charge in [0.25, 0.3) is 5.91 Å². The molecule has 1 saturated heterocycles. The largest absolute Gasteiger partial charge is 0.284 e. The minimum absolute atomic E-state index is 0.0386. The Hall–Kier alpha value is -1.41. The number of hydrazone groups is 1. The van der Waals surface area contributed by atoms with Crippen LogP contribution in [-0.4, -0.2) is 29.7 Å². The lowest BCUT2D eigenvalue weighted by molar-refractivity contribution is -0.119. The molecule has 2 aromatic rings. The molecule has 0 aliphatic carbocycles. The van der Waals surface area contributed by atoms with Crippen molar-refractivity contribution in [2.45, 2.75) is 31.7 Å². The van der Waals surface area contributed by atoms with Gasteiger partial charge in [-0.2, -0.15) is 5.10 Å². The Bertz CT molecular complexity index is 865. The zero-order valence-corrected chi connectivity index (χ0v) is 17.9. The van der Waals surface area contributed by atoms with E-state index in [1.54, 1.807) is 11.3 Å². The standard InChI is InChI=1S/C19H20BrClN4OS/c20-18-9-8-17(27-18)16-12-14(19(26)23-24-10-4-1-5-11-24)22-25(16)15-7-3-2-6-13(15)21/h2-3,6-9,16H,1,4-5,10-12H2,(H,23,26). The second kappa shape index (κ2) is 8.31. The van der Waals surface area contributed by atoms with Crippen LogP contribution < -0.4 is 10.4 Å². The third-order valence-corrected chi connectivity index (χ3v) is 6.85. The number of nitrogens with zero attached hydrogens (tertiary/aromatic N) is 3. The third-order valence-electron chi connectivity index (χ3n) is 4.81. The number of hydrazine groups is 1. The van der Waals surface area contributed by atoms with Gasteiger partial charge in [0, 0.05) is 24.4 Å². The molecule has 1 fully saturated rings. The molecule has 0 saturated carbocycles. The second-order valence-electron chi connectivity index (χ2n) is 6.69. The van der Waals surface area contributed by atoms with Crippen molar-refractivity contribution in [2.75, 3.05) is 18.1 Å². The molecule has 2 aliphatic heterocycles. The zero-order valence-electron chi connectivity index (χ0n) is 14.7. The van der Waals surface area contributed by atoms with Crippen molar-refractivity contribution >= 4 is 56.2 Å². The van der Waals surface area contributed by atoms with Gasteiger partial charge in [0.15, 0.2) is 0 Å². The first-order valence-corrected chi connectivity index (χ1v) is 11.0. The fourth-order valence-corrected chi connectivity index (χ4v) is 5.18. The molecule has 0 radical (unpaired) electrons. The molecule has 1 aromatic heterocycles. The maximum absolute atomic E-state index is 12.8. The van der Waals surface area contributed by atoms with E-state index in [4.69, 9.17) is 11.6 Å². The van der Waals surface area contributed by atoms with Crippen molar-refractivity contribution in [3.63, 3.8) is 0 Å². The number of carbonyl (C=O) groups excluding carboxylic acids is 1. The molecule has 142 valence electrons. The van der Waals surface area contributed by atoms with Gasteiger partial charge in [-0.3, -0.25) is 15.2 Å². The Kier molecular flexibility index (Phi) is 5.82. The van der Waals surface area contributed by atoms with Crippen LogP contribution in [0.1, 0.15) is 36.6 Å². The van der Waals surface area contributed by atoms with E-state index in [0.717, 1.165) is 40.3 Å². The van der Waals surface area contributed by atoms with E-state index in [0.29, 0.717) is 17.2 Å². The Morgan fingerprint density at radius 3 is 2.67 bits per heavy atom. The predicted octanol–water partition coefficient (Wildman–Crippen LogP) is 4.99. The number of halogens is 2. The van der Waals surface area contributed by atoms with Gasteiger partial charge in [0.1, 0.15) is 5.71 Å². The fourth-order valence-electron chi connectivity index (χ4n) is 3.45. The molecule has 3 heterocycles. The van der Waals surface area contributed by atoms with Gasteiger partial charge in [-0.15, -0.1) is 11.3 Å². The first kappa shape index (κ1) is 18.9. The molecule has 2 aliphatic rings. The molecule has 1 N–H and O–H groups in total. The highest BCUT2D eigenvalue weighted by atomic mass is 79.9. The molecule has 4 rings (SSSR count). The molecular formula is C19H20BrClN4OS. The molecule has 8 heteroatoms. The number of nitrogens with one attached hydrogen (secondary N) is 1. The number of amides is 1. The van der Waals surface area contributed by atoms with E-state index >= 15 is 0 Å². The van der Waals surface area contributed by atoms with Gasteiger partial charge in [-0.05, 0) is 53.0 Å². The van der Waals surface area contributed by atoms with Crippen LogP contribution >= 0.6 is 38.9 Å². The van der Waals surface area contributed by atoms with E-state index in [-0.39, 0.29) is 11.9 Å². The summed E-state index contributed by atoms with van der Waals surface area (Å²) in [4.78, 5) is 14.0. The van der Waals surface area contributed by atoms with E-state index in [1.165, 1.54) is 6.42 Å². The van der Waals surface area contributed by atoms with Crippen molar-refractivity contribution < 1.29 is 4.79 Å². The number of piperidine rings is 1. The Morgan fingerprint density at radius 2 is 1.96 bits per heavy atom. The summed E-state index contributed by atoms with van der Waals surface area (Å²) in [5.41, 5.74) is 4.37. The molecule has 1 aromatic carbocycles. The number of para-hydroxylation sites is 1. The Balaban J connectivity index is 1.60. The molecule has 1 amide bonds. The van der Waals surface area contributed by atoms with Crippen LogP contribution in [0, 0.1) is 0 Å². The molecule has 27 heavy (non-hydrogen) atoms. The summed E-state index contributed by atoms with van der Waals surface area (Å²) in [5.74, 6) is -0.118. The van der Waals surface area contributed by atoms with Crippen LogP contribution in [0.3, 0.4) is 0 Å². The van der Waals surface area contributed by atoms with Crippen molar-refractivity contribution in [1.82, 2.24) is 10.4 Å². The van der Waals surface area contributed by atoms with Crippen LogP contribution in [0.5, 0.6) is 0 Å². The van der Waals surface area contributed by atoms with Crippen LogP contribution in [0.2, 0.25) is 5.02 Å². The fraction of sp³-hybridized carbons (Fsp3) is 0.368. The summed E-state index contributed by atoms with van der Waals surface area (Å²) in [6.45, 7) is 1.79. The second-order valence-corrected chi connectivity index (χ2v) is 9.59. The van der Waals surface area contributed by atoms with Crippen LogP contribution in [0.15, 0.2) is 45.3 Å². The normalized spacial score (nSPS) is 20.6. The molecule has 1 atom stereocenters. The van der Waals surface area contributed by atoms with Crippen LogP contribution in [0.4, 0.5) is 5.69 Å². The number of benzene rings is 1. The SMILES string of the molecule is O=C(NN1CCCCC1)C1=NN(c2ccccc2Cl)C(c2ccc(Br)s2)C1. The number of rotatable bonds is 4. The highest BCUT2D eigenvalue weighted by molar-refractivity contribution is 9.11. The predicted molar refractivity (Wildman–Crippen MR) is 114 cm³/mol. The number of hydrogen-bond acceptors (Lipinski definition) is 5. The summed E-state index contributed by atoms with van der Waals surface area (Å²) in [6, 6.07) is 11.7. The lowest BCUT2D eigenvalue weighted by atomic mass is 10.1. The van der Waals surface area contributed by atoms with Gasteiger partial charge in [0.05, 0.1) is 20.5 Å². The van der Waals surface area contributed by atoms with E-state index < -0.39 is 0 Å². The number of anilines is 1. The number of hydrogen-bond donors (Lipinski definition) is 1. The molecule has 5 nitrogen and oxygen atoms in total. The minimum atomic E-state index is -0.118. The molecule has 0 spiro atoms.